The van der Waals surface area contributed by atoms with Crippen LogP contribution in [0.25, 0.3) is 11.1 Å². The first-order chi connectivity index (χ1) is 14.4. The van der Waals surface area contributed by atoms with Crippen LogP contribution in [0.1, 0.15) is 27.4 Å². The van der Waals surface area contributed by atoms with Crippen molar-refractivity contribution in [1.29, 1.82) is 0 Å². The van der Waals surface area contributed by atoms with Gasteiger partial charge in [0.05, 0.1) is 14.8 Å². The van der Waals surface area contributed by atoms with E-state index >= 15 is 0 Å². The minimum absolute atomic E-state index is 0.0346. The maximum absolute atomic E-state index is 12.6. The fourth-order valence-electron chi connectivity index (χ4n) is 3.64. The van der Waals surface area contributed by atoms with Crippen LogP contribution in [0.2, 0.25) is 0 Å². The third-order valence-electron chi connectivity index (χ3n) is 4.95. The first-order valence-corrected chi connectivity index (χ1v) is 12.1. The van der Waals surface area contributed by atoms with Gasteiger partial charge in [-0.1, -0.05) is 48.5 Å². The molecular formula is C22H14I3NO4. The molecule has 0 spiro atoms. The molecule has 0 saturated carbocycles. The minimum atomic E-state index is -1.03. The third-order valence-corrected chi connectivity index (χ3v) is 7.74. The predicted molar refractivity (Wildman–Crippen MR) is 140 cm³/mol. The van der Waals surface area contributed by atoms with Gasteiger partial charge in [-0.2, -0.15) is 0 Å². The molecule has 0 radical (unpaired) electrons. The van der Waals surface area contributed by atoms with Crippen molar-refractivity contribution in [3.8, 4) is 11.1 Å². The van der Waals surface area contributed by atoms with E-state index < -0.39 is 12.1 Å². The van der Waals surface area contributed by atoms with Gasteiger partial charge in [-0.15, -0.1) is 0 Å². The molecule has 4 rings (SSSR count). The molecule has 0 saturated heterocycles. The Balaban J connectivity index is 1.55. The summed E-state index contributed by atoms with van der Waals surface area (Å²) >= 11 is 6.01. The van der Waals surface area contributed by atoms with E-state index in [1.54, 1.807) is 6.07 Å². The average molecular weight is 737 g/mol. The van der Waals surface area contributed by atoms with E-state index in [0.717, 1.165) is 25.8 Å². The lowest BCUT2D eigenvalue weighted by molar-refractivity contribution is 0.0694. The summed E-state index contributed by atoms with van der Waals surface area (Å²) in [4.78, 5) is 24.1. The Kier molecular flexibility index (Phi) is 6.53. The summed E-state index contributed by atoms with van der Waals surface area (Å²) in [7, 11) is 0. The highest BCUT2D eigenvalue weighted by Gasteiger charge is 2.29. The van der Waals surface area contributed by atoms with Crippen molar-refractivity contribution >= 4 is 85.5 Å². The van der Waals surface area contributed by atoms with Crippen LogP contribution in [0.5, 0.6) is 0 Å². The summed E-state index contributed by atoms with van der Waals surface area (Å²) in [5.74, 6) is -1.07. The molecule has 0 aromatic heterocycles. The van der Waals surface area contributed by atoms with Gasteiger partial charge in [0.15, 0.2) is 0 Å². The van der Waals surface area contributed by atoms with Crippen LogP contribution >= 0.6 is 67.8 Å². The van der Waals surface area contributed by atoms with Crippen LogP contribution in [0.4, 0.5) is 10.5 Å². The van der Waals surface area contributed by atoms with Crippen LogP contribution in [-0.2, 0) is 4.74 Å². The average Bonchev–Trinajstić information content (AvgIpc) is 3.03. The van der Waals surface area contributed by atoms with Gasteiger partial charge in [-0.25, -0.2) is 9.59 Å². The number of benzene rings is 3. The second-order valence-corrected chi connectivity index (χ2v) is 10.1. The number of amides is 1. The van der Waals surface area contributed by atoms with Crippen molar-refractivity contribution in [3.05, 3.63) is 82.0 Å². The Morgan fingerprint density at radius 1 is 0.933 bits per heavy atom. The molecule has 2 N–H and O–H groups in total. The molecule has 8 heteroatoms. The highest BCUT2D eigenvalue weighted by atomic mass is 127. The van der Waals surface area contributed by atoms with E-state index in [2.05, 4.69) is 52.2 Å². The Bertz CT molecular complexity index is 1130. The molecule has 0 atom stereocenters. The third kappa shape index (κ3) is 4.05. The van der Waals surface area contributed by atoms with E-state index in [4.69, 9.17) is 4.74 Å². The monoisotopic (exact) mass is 737 g/mol. The van der Waals surface area contributed by atoms with Gasteiger partial charge >= 0.3 is 12.1 Å². The Morgan fingerprint density at radius 3 is 2.07 bits per heavy atom. The van der Waals surface area contributed by atoms with Crippen molar-refractivity contribution in [2.45, 2.75) is 5.92 Å². The van der Waals surface area contributed by atoms with Gasteiger partial charge in [0.2, 0.25) is 0 Å². The standard InChI is InChI=1S/C22H14I3NO4/c23-16-9-17(24)20(19(25)18(16)21(27)28)26-22(29)30-10-15-13-7-3-1-5-11(13)12-6-2-4-8-14(12)15/h1-9,15H,10H2,(H,26,29)(H,27,28). The number of carbonyl (C=O) groups excluding carboxylic acids is 1. The summed E-state index contributed by atoms with van der Waals surface area (Å²) < 4.78 is 7.42. The first kappa shape index (κ1) is 21.8. The zero-order chi connectivity index (χ0) is 21.4. The summed E-state index contributed by atoms with van der Waals surface area (Å²) in [6, 6.07) is 18.0. The number of carbonyl (C=O) groups is 2. The van der Waals surface area contributed by atoms with Crippen molar-refractivity contribution in [2.24, 2.45) is 0 Å². The number of carboxylic acids is 1. The number of halogens is 3. The molecule has 1 aliphatic carbocycles. The molecule has 0 fully saturated rings. The number of fused-ring (bicyclic) bond motifs is 3. The lowest BCUT2D eigenvalue weighted by atomic mass is 9.98. The number of anilines is 1. The maximum Gasteiger partial charge on any atom is 0.411 e. The second kappa shape index (κ2) is 8.99. The van der Waals surface area contributed by atoms with E-state index in [1.807, 2.05) is 69.4 Å². The molecule has 3 aromatic rings. The van der Waals surface area contributed by atoms with E-state index in [-0.39, 0.29) is 18.1 Å². The number of carboxylic acid groups (broad SMARTS) is 1. The second-order valence-electron chi connectivity index (χ2n) is 6.66. The fourth-order valence-corrected chi connectivity index (χ4v) is 7.74. The topological polar surface area (TPSA) is 75.6 Å². The Hall–Kier alpha value is -1.41. The number of nitrogens with one attached hydrogen (secondary N) is 1. The van der Waals surface area contributed by atoms with Crippen molar-refractivity contribution < 1.29 is 19.4 Å². The lowest BCUT2D eigenvalue weighted by Crippen LogP contribution is -2.20. The first-order valence-electron chi connectivity index (χ1n) is 8.91. The van der Waals surface area contributed by atoms with Gasteiger partial charge < -0.3 is 9.84 Å². The molecule has 3 aromatic carbocycles. The van der Waals surface area contributed by atoms with Crippen LogP contribution in [0, 0.1) is 10.7 Å². The molecule has 0 unspecified atom stereocenters. The summed E-state index contributed by atoms with van der Waals surface area (Å²) in [6.45, 7) is 0.198. The number of rotatable bonds is 4. The molecule has 0 aliphatic heterocycles. The number of hydrogen-bond acceptors (Lipinski definition) is 3. The van der Waals surface area contributed by atoms with E-state index in [1.165, 1.54) is 0 Å². The van der Waals surface area contributed by atoms with Crippen molar-refractivity contribution in [1.82, 2.24) is 0 Å². The quantitative estimate of drug-likeness (QED) is 0.298. The summed E-state index contributed by atoms with van der Waals surface area (Å²) in [5.41, 5.74) is 5.22. The largest absolute Gasteiger partial charge is 0.478 e. The molecular weight excluding hydrogens is 723 g/mol. The normalized spacial score (nSPS) is 12.2. The molecule has 1 aliphatic rings. The predicted octanol–water partition coefficient (Wildman–Crippen LogP) is 6.56. The van der Waals surface area contributed by atoms with Crippen molar-refractivity contribution in [2.75, 3.05) is 11.9 Å². The van der Waals surface area contributed by atoms with Gasteiger partial charge in [-0.05, 0) is 96.1 Å². The Morgan fingerprint density at radius 2 is 1.50 bits per heavy atom. The van der Waals surface area contributed by atoms with Crippen molar-refractivity contribution in [3.63, 3.8) is 0 Å². The van der Waals surface area contributed by atoms with Crippen LogP contribution in [0.15, 0.2) is 54.6 Å². The zero-order valence-electron chi connectivity index (χ0n) is 15.3. The SMILES string of the molecule is O=C(Nc1c(I)cc(I)c(C(=O)O)c1I)OCC1c2ccccc2-c2ccccc21. The smallest absolute Gasteiger partial charge is 0.411 e. The van der Waals surface area contributed by atoms with Crippen LogP contribution < -0.4 is 5.32 Å². The van der Waals surface area contributed by atoms with Crippen LogP contribution in [-0.4, -0.2) is 23.8 Å². The van der Waals surface area contributed by atoms with Gasteiger partial charge in [-0.3, -0.25) is 5.32 Å². The fraction of sp³-hybridized carbons (Fsp3) is 0.0909. The Labute approximate surface area is 214 Å². The summed E-state index contributed by atoms with van der Waals surface area (Å²) in [5, 5.41) is 12.2. The number of aromatic carboxylic acids is 1. The zero-order valence-corrected chi connectivity index (χ0v) is 21.8. The van der Waals surface area contributed by atoms with Gasteiger partial charge in [0.1, 0.15) is 6.61 Å². The van der Waals surface area contributed by atoms with E-state index in [9.17, 15) is 14.7 Å². The highest BCUT2D eigenvalue weighted by molar-refractivity contribution is 14.1. The van der Waals surface area contributed by atoms with E-state index in [0.29, 0.717) is 12.8 Å². The number of hydrogen-bond donors (Lipinski definition) is 2. The molecule has 5 nitrogen and oxygen atoms in total. The lowest BCUT2D eigenvalue weighted by Gasteiger charge is -2.16. The maximum atomic E-state index is 12.6. The summed E-state index contributed by atoms with van der Waals surface area (Å²) in [6.07, 6.45) is -0.606. The number of ether oxygens (including phenoxy) is 1. The molecule has 0 bridgehead atoms. The molecule has 0 heterocycles. The minimum Gasteiger partial charge on any atom is -0.478 e. The molecule has 30 heavy (non-hydrogen) atoms. The molecule has 1 amide bonds. The van der Waals surface area contributed by atoms with Gasteiger partial charge in [0, 0.05) is 13.1 Å². The highest BCUT2D eigenvalue weighted by Crippen LogP contribution is 2.44. The van der Waals surface area contributed by atoms with Crippen LogP contribution in [0.3, 0.4) is 0 Å². The molecule has 152 valence electrons. The van der Waals surface area contributed by atoms with Gasteiger partial charge in [0.25, 0.3) is 0 Å².